The van der Waals surface area contributed by atoms with E-state index in [1.807, 2.05) is 27.7 Å². The summed E-state index contributed by atoms with van der Waals surface area (Å²) in [6.07, 6.45) is 14.8. The van der Waals surface area contributed by atoms with Gasteiger partial charge in [0, 0.05) is 13.2 Å². The summed E-state index contributed by atoms with van der Waals surface area (Å²) in [6, 6.07) is 5.51. The Morgan fingerprint density at radius 3 is 2.21 bits per heavy atom. The molecule has 2 unspecified atom stereocenters. The van der Waals surface area contributed by atoms with Gasteiger partial charge in [-0.05, 0) is 79.5 Å². The predicted molar refractivity (Wildman–Crippen MR) is 131 cm³/mol. The molecule has 0 aliphatic heterocycles. The van der Waals surface area contributed by atoms with Crippen LogP contribution < -0.4 is 5.73 Å². The van der Waals surface area contributed by atoms with E-state index in [0.29, 0.717) is 6.04 Å². The van der Waals surface area contributed by atoms with Crippen molar-refractivity contribution in [3.8, 4) is 0 Å². The van der Waals surface area contributed by atoms with Gasteiger partial charge in [-0.3, -0.25) is 0 Å². The molecule has 0 amide bonds. The average Bonchev–Trinajstić information content (AvgIpc) is 3.21. The second-order valence-electron chi connectivity index (χ2n) is 8.21. The lowest BCUT2D eigenvalue weighted by Crippen LogP contribution is -2.16. The van der Waals surface area contributed by atoms with Gasteiger partial charge in [-0.25, -0.2) is 0 Å². The summed E-state index contributed by atoms with van der Waals surface area (Å²) >= 11 is 0. The standard InChI is InChI=1S/C22H35N.2C2H6.CH4O/c1-3-4-5-6-7-17-8-9-18-15-22(16(2)12-20(18)13-17)19-10-11-21(23)14-19;3*1-2/h12,15,17,19,21H,3-11,13-14,23H2,1-2H3;2*1-2H3;2H,1H3/t17-,19?,21?;;;/m0.../s1. The molecule has 0 heterocycles. The van der Waals surface area contributed by atoms with E-state index < -0.39 is 0 Å². The maximum absolute atomic E-state index is 7.00. The third-order valence-electron chi connectivity index (χ3n) is 6.30. The Morgan fingerprint density at radius 1 is 0.931 bits per heavy atom. The van der Waals surface area contributed by atoms with Crippen LogP contribution in [0.2, 0.25) is 0 Å². The van der Waals surface area contributed by atoms with Crippen LogP contribution in [0, 0.1) is 12.8 Å². The zero-order valence-electron chi connectivity index (χ0n) is 20.7. The number of aliphatic hydroxyl groups excluding tert-OH is 1. The highest BCUT2D eigenvalue weighted by Gasteiger charge is 2.26. The van der Waals surface area contributed by atoms with Crippen molar-refractivity contribution in [3.05, 3.63) is 34.4 Å². The number of benzene rings is 1. The molecule has 2 aliphatic rings. The van der Waals surface area contributed by atoms with E-state index >= 15 is 0 Å². The number of hydrogen-bond donors (Lipinski definition) is 2. The van der Waals surface area contributed by atoms with Crippen LogP contribution in [0.5, 0.6) is 0 Å². The van der Waals surface area contributed by atoms with Gasteiger partial charge in [-0.1, -0.05) is 78.9 Å². The van der Waals surface area contributed by atoms with Crippen molar-refractivity contribution in [2.24, 2.45) is 11.7 Å². The van der Waals surface area contributed by atoms with Crippen LogP contribution in [-0.2, 0) is 12.8 Å². The fraction of sp³-hybridized carbons (Fsp3) is 0.778. The lowest BCUT2D eigenvalue weighted by Gasteiger charge is -2.27. The SMILES string of the molecule is CC.CC.CCCCCC[C@H]1CCc2cc(C3CCC(N)C3)c(C)cc2C1.CO. The Hall–Kier alpha value is -0.860. The van der Waals surface area contributed by atoms with E-state index in [4.69, 9.17) is 10.8 Å². The number of unbranched alkanes of at least 4 members (excludes halogenated alkanes) is 3. The topological polar surface area (TPSA) is 46.2 Å². The molecule has 3 atom stereocenters. The van der Waals surface area contributed by atoms with Crippen LogP contribution in [0.4, 0.5) is 0 Å². The number of aryl methyl sites for hydroxylation is 2. The van der Waals surface area contributed by atoms with Crippen molar-refractivity contribution in [2.75, 3.05) is 7.11 Å². The molecule has 0 bridgehead atoms. The largest absolute Gasteiger partial charge is 0.400 e. The van der Waals surface area contributed by atoms with Gasteiger partial charge in [0.15, 0.2) is 0 Å². The minimum Gasteiger partial charge on any atom is -0.400 e. The van der Waals surface area contributed by atoms with Gasteiger partial charge in [0.05, 0.1) is 0 Å². The molecule has 0 saturated heterocycles. The van der Waals surface area contributed by atoms with Crippen molar-refractivity contribution in [2.45, 2.75) is 124 Å². The quantitative estimate of drug-likeness (QED) is 0.487. The minimum atomic E-state index is 0.433. The molecule has 3 rings (SSSR count). The molecule has 1 aromatic rings. The molecule has 2 aliphatic carbocycles. The summed E-state index contributed by atoms with van der Waals surface area (Å²) < 4.78 is 0. The molecule has 2 heteroatoms. The average molecular weight is 406 g/mol. The highest BCUT2D eigenvalue weighted by atomic mass is 16.2. The molecule has 0 aromatic heterocycles. The molecule has 2 nitrogen and oxygen atoms in total. The molecular weight excluding hydrogens is 354 g/mol. The zero-order chi connectivity index (χ0) is 22.2. The van der Waals surface area contributed by atoms with Crippen molar-refractivity contribution >= 4 is 0 Å². The Morgan fingerprint density at radius 2 is 1.62 bits per heavy atom. The maximum Gasteiger partial charge on any atom is 0.0319 e. The van der Waals surface area contributed by atoms with Gasteiger partial charge in [0.25, 0.3) is 0 Å². The lowest BCUT2D eigenvalue weighted by molar-refractivity contribution is 0.399. The Bertz CT molecular complexity index is 526. The first-order chi connectivity index (χ1) is 14.2. The fourth-order valence-electron chi connectivity index (χ4n) is 4.87. The van der Waals surface area contributed by atoms with E-state index in [-0.39, 0.29) is 0 Å². The van der Waals surface area contributed by atoms with Crippen molar-refractivity contribution in [1.82, 2.24) is 0 Å². The molecule has 0 radical (unpaired) electrons. The maximum atomic E-state index is 7.00. The van der Waals surface area contributed by atoms with Gasteiger partial charge in [0.1, 0.15) is 0 Å². The smallest absolute Gasteiger partial charge is 0.0319 e. The number of rotatable bonds is 6. The minimum absolute atomic E-state index is 0.433. The monoisotopic (exact) mass is 405 g/mol. The van der Waals surface area contributed by atoms with E-state index in [1.165, 1.54) is 76.2 Å². The predicted octanol–water partition coefficient (Wildman–Crippen LogP) is 7.33. The molecule has 0 spiro atoms. The first kappa shape index (κ1) is 28.1. The number of aliphatic hydroxyl groups is 1. The number of nitrogens with two attached hydrogens (primary N) is 1. The second kappa shape index (κ2) is 16.9. The normalized spacial score (nSPS) is 22.2. The summed E-state index contributed by atoms with van der Waals surface area (Å²) in [4.78, 5) is 0. The summed E-state index contributed by atoms with van der Waals surface area (Å²) in [5, 5.41) is 7.00. The van der Waals surface area contributed by atoms with E-state index in [2.05, 4.69) is 26.0 Å². The van der Waals surface area contributed by atoms with Gasteiger partial charge in [-0.15, -0.1) is 0 Å². The Balaban J connectivity index is 0.00000120. The van der Waals surface area contributed by atoms with Crippen LogP contribution in [0.15, 0.2) is 12.1 Å². The van der Waals surface area contributed by atoms with Crippen molar-refractivity contribution < 1.29 is 5.11 Å². The second-order valence-corrected chi connectivity index (χ2v) is 8.21. The van der Waals surface area contributed by atoms with Crippen molar-refractivity contribution in [3.63, 3.8) is 0 Å². The first-order valence-electron chi connectivity index (χ1n) is 12.5. The Labute approximate surface area is 182 Å². The molecule has 170 valence electrons. The van der Waals surface area contributed by atoms with Gasteiger partial charge in [0.2, 0.25) is 0 Å². The number of fused-ring (bicyclic) bond motifs is 1. The zero-order valence-corrected chi connectivity index (χ0v) is 20.7. The van der Waals surface area contributed by atoms with Crippen LogP contribution in [-0.4, -0.2) is 18.3 Å². The van der Waals surface area contributed by atoms with Gasteiger partial charge in [-0.2, -0.15) is 0 Å². The van der Waals surface area contributed by atoms with Crippen molar-refractivity contribution in [1.29, 1.82) is 0 Å². The molecule has 3 N–H and O–H groups in total. The lowest BCUT2D eigenvalue weighted by atomic mass is 9.78. The molecule has 29 heavy (non-hydrogen) atoms. The van der Waals surface area contributed by atoms with E-state index in [9.17, 15) is 0 Å². The molecule has 1 aromatic carbocycles. The molecule has 1 fully saturated rings. The fourth-order valence-corrected chi connectivity index (χ4v) is 4.87. The van der Waals surface area contributed by atoms with E-state index in [1.54, 1.807) is 16.7 Å². The van der Waals surface area contributed by atoms with Crippen LogP contribution in [0.1, 0.15) is 121 Å². The van der Waals surface area contributed by atoms with Crippen LogP contribution >= 0.6 is 0 Å². The summed E-state index contributed by atoms with van der Waals surface area (Å²) in [5.74, 6) is 1.66. The van der Waals surface area contributed by atoms with E-state index in [0.717, 1.165) is 18.9 Å². The summed E-state index contributed by atoms with van der Waals surface area (Å²) in [5.41, 5.74) is 12.6. The summed E-state index contributed by atoms with van der Waals surface area (Å²) in [7, 11) is 1.00. The van der Waals surface area contributed by atoms with Crippen LogP contribution in [0.3, 0.4) is 0 Å². The van der Waals surface area contributed by atoms with Gasteiger partial charge >= 0.3 is 0 Å². The van der Waals surface area contributed by atoms with Crippen LogP contribution in [0.25, 0.3) is 0 Å². The highest BCUT2D eigenvalue weighted by molar-refractivity contribution is 5.41. The first-order valence-corrected chi connectivity index (χ1v) is 12.5. The third-order valence-corrected chi connectivity index (χ3v) is 6.30. The summed E-state index contributed by atoms with van der Waals surface area (Å²) in [6.45, 7) is 12.6. The number of hydrogen-bond acceptors (Lipinski definition) is 2. The third kappa shape index (κ3) is 9.22. The molecular formula is C27H51NO. The molecule has 1 saturated carbocycles. The highest BCUT2D eigenvalue weighted by Crippen LogP contribution is 2.38. The van der Waals surface area contributed by atoms with Gasteiger partial charge < -0.3 is 10.8 Å². The Kier molecular flexibility index (Phi) is 16.4.